The molecule has 3 nitrogen and oxygen atoms in total. The van der Waals surface area contributed by atoms with E-state index in [0.29, 0.717) is 11.7 Å². The van der Waals surface area contributed by atoms with Crippen molar-refractivity contribution in [2.75, 3.05) is 5.73 Å². The second-order valence-corrected chi connectivity index (χ2v) is 7.28. The first kappa shape index (κ1) is 16.5. The van der Waals surface area contributed by atoms with Crippen molar-refractivity contribution in [3.8, 4) is 0 Å². The number of benzene rings is 2. The summed E-state index contributed by atoms with van der Waals surface area (Å²) in [7, 11) is 0. The number of pyridine rings is 2. The minimum atomic E-state index is 0.378. The zero-order valence-corrected chi connectivity index (χ0v) is 15.5. The summed E-state index contributed by atoms with van der Waals surface area (Å²) in [5, 5.41) is 2.19. The molecule has 0 saturated heterocycles. The van der Waals surface area contributed by atoms with E-state index in [4.69, 9.17) is 5.73 Å². The Hall–Kier alpha value is -2.94. The molecule has 0 fully saturated rings. The third-order valence-corrected chi connectivity index (χ3v) is 5.03. The summed E-state index contributed by atoms with van der Waals surface area (Å²) >= 11 is 0. The highest BCUT2D eigenvalue weighted by Crippen LogP contribution is 2.30. The zero-order chi connectivity index (χ0) is 18.3. The predicted octanol–water partition coefficient (Wildman–Crippen LogP) is 5.33. The van der Waals surface area contributed by atoms with E-state index in [0.717, 1.165) is 28.2 Å². The maximum atomic E-state index is 6.17. The number of rotatable bonds is 3. The van der Waals surface area contributed by atoms with E-state index in [9.17, 15) is 0 Å². The molecule has 2 N–H and O–H groups in total. The van der Waals surface area contributed by atoms with Gasteiger partial charge in [0.1, 0.15) is 5.52 Å². The quantitative estimate of drug-likeness (QED) is 0.513. The SMILES string of the molecule is Cc1cccc(CC(C)c2cnc3c(N)nc4cc(C)ccc4c3c2)c1. The van der Waals surface area contributed by atoms with Gasteiger partial charge in [-0.3, -0.25) is 4.98 Å². The highest BCUT2D eigenvalue weighted by molar-refractivity contribution is 6.08. The van der Waals surface area contributed by atoms with Crippen LogP contribution in [0.25, 0.3) is 21.8 Å². The van der Waals surface area contributed by atoms with E-state index in [2.05, 4.69) is 79.3 Å². The molecule has 0 amide bonds. The van der Waals surface area contributed by atoms with Crippen molar-refractivity contribution in [1.82, 2.24) is 9.97 Å². The van der Waals surface area contributed by atoms with Crippen LogP contribution in [0.5, 0.6) is 0 Å². The highest BCUT2D eigenvalue weighted by atomic mass is 14.9. The average molecular weight is 341 g/mol. The lowest BCUT2D eigenvalue weighted by Gasteiger charge is -2.14. The van der Waals surface area contributed by atoms with Crippen LogP contribution >= 0.6 is 0 Å². The van der Waals surface area contributed by atoms with Crippen molar-refractivity contribution in [2.45, 2.75) is 33.1 Å². The first-order chi connectivity index (χ1) is 12.5. The van der Waals surface area contributed by atoms with Gasteiger partial charge in [-0.05, 0) is 55.0 Å². The number of anilines is 1. The first-order valence-electron chi connectivity index (χ1n) is 9.02. The molecule has 0 aliphatic rings. The van der Waals surface area contributed by atoms with Crippen molar-refractivity contribution >= 4 is 27.6 Å². The number of nitrogens with zero attached hydrogens (tertiary/aromatic N) is 2. The van der Waals surface area contributed by atoms with Gasteiger partial charge in [0.15, 0.2) is 5.82 Å². The molecule has 4 rings (SSSR count). The molecule has 26 heavy (non-hydrogen) atoms. The first-order valence-corrected chi connectivity index (χ1v) is 9.02. The van der Waals surface area contributed by atoms with Crippen LogP contribution in [-0.4, -0.2) is 9.97 Å². The van der Waals surface area contributed by atoms with Crippen molar-refractivity contribution in [3.63, 3.8) is 0 Å². The Morgan fingerprint density at radius 3 is 2.58 bits per heavy atom. The van der Waals surface area contributed by atoms with E-state index in [1.54, 1.807) is 0 Å². The molecule has 0 bridgehead atoms. The van der Waals surface area contributed by atoms with Gasteiger partial charge in [0.2, 0.25) is 0 Å². The Morgan fingerprint density at radius 1 is 0.962 bits per heavy atom. The zero-order valence-electron chi connectivity index (χ0n) is 15.5. The molecule has 2 heterocycles. The van der Waals surface area contributed by atoms with Gasteiger partial charge in [-0.25, -0.2) is 4.98 Å². The second kappa shape index (κ2) is 6.41. The Labute approximate surface area is 153 Å². The number of fused-ring (bicyclic) bond motifs is 3. The van der Waals surface area contributed by atoms with Gasteiger partial charge >= 0.3 is 0 Å². The molecule has 130 valence electrons. The van der Waals surface area contributed by atoms with E-state index in [-0.39, 0.29) is 0 Å². The number of hydrogen-bond acceptors (Lipinski definition) is 3. The van der Waals surface area contributed by atoms with Gasteiger partial charge in [-0.1, -0.05) is 48.9 Å². The predicted molar refractivity (Wildman–Crippen MR) is 109 cm³/mol. The minimum Gasteiger partial charge on any atom is -0.382 e. The van der Waals surface area contributed by atoms with Crippen molar-refractivity contribution in [3.05, 3.63) is 77.0 Å². The summed E-state index contributed by atoms with van der Waals surface area (Å²) in [6.45, 7) is 6.46. The smallest absolute Gasteiger partial charge is 0.150 e. The number of hydrogen-bond donors (Lipinski definition) is 1. The normalized spacial score (nSPS) is 12.6. The van der Waals surface area contributed by atoms with Crippen molar-refractivity contribution < 1.29 is 0 Å². The molecule has 0 radical (unpaired) electrons. The molecule has 2 aromatic heterocycles. The van der Waals surface area contributed by atoms with E-state index >= 15 is 0 Å². The lowest BCUT2D eigenvalue weighted by atomic mass is 9.93. The maximum Gasteiger partial charge on any atom is 0.150 e. The topological polar surface area (TPSA) is 51.8 Å². The fraction of sp³-hybridized carbons (Fsp3) is 0.217. The third kappa shape index (κ3) is 3.01. The molecule has 0 aliphatic heterocycles. The lowest BCUT2D eigenvalue weighted by Crippen LogP contribution is -2.02. The molecule has 0 aliphatic carbocycles. The van der Waals surface area contributed by atoms with E-state index in [1.807, 2.05) is 6.20 Å². The van der Waals surface area contributed by atoms with Crippen LogP contribution in [0.3, 0.4) is 0 Å². The molecule has 1 atom stereocenters. The molecule has 0 spiro atoms. The van der Waals surface area contributed by atoms with Crippen LogP contribution in [-0.2, 0) is 6.42 Å². The van der Waals surface area contributed by atoms with Crippen LogP contribution in [0.1, 0.15) is 35.1 Å². The fourth-order valence-electron chi connectivity index (χ4n) is 3.62. The summed E-state index contributed by atoms with van der Waals surface area (Å²) in [6.07, 6.45) is 2.94. The summed E-state index contributed by atoms with van der Waals surface area (Å²) in [5.74, 6) is 0.875. The largest absolute Gasteiger partial charge is 0.382 e. The lowest BCUT2D eigenvalue weighted by molar-refractivity contribution is 0.756. The number of aromatic nitrogens is 2. The Morgan fingerprint density at radius 2 is 1.77 bits per heavy atom. The number of aryl methyl sites for hydroxylation is 2. The molecule has 3 heteroatoms. The van der Waals surface area contributed by atoms with Crippen LogP contribution in [0, 0.1) is 13.8 Å². The standard InChI is InChI=1S/C23H23N3/c1-14-5-4-6-17(9-14)11-16(3)18-12-20-19-8-7-15(2)10-21(19)26-23(24)22(20)25-13-18/h4-10,12-13,16H,11H2,1-3H3,(H2,24,26). The van der Waals surface area contributed by atoms with Crippen LogP contribution < -0.4 is 5.73 Å². The van der Waals surface area contributed by atoms with Gasteiger partial charge in [-0.2, -0.15) is 0 Å². The van der Waals surface area contributed by atoms with Crippen LogP contribution in [0.2, 0.25) is 0 Å². The van der Waals surface area contributed by atoms with Gasteiger partial charge in [0, 0.05) is 17.0 Å². The third-order valence-electron chi connectivity index (χ3n) is 5.03. The molecular weight excluding hydrogens is 318 g/mol. The summed E-state index contributed by atoms with van der Waals surface area (Å²) in [4.78, 5) is 9.18. The Bertz CT molecular complexity index is 1120. The Kier molecular flexibility index (Phi) is 4.08. The monoisotopic (exact) mass is 341 g/mol. The van der Waals surface area contributed by atoms with Gasteiger partial charge in [0.05, 0.1) is 5.52 Å². The minimum absolute atomic E-state index is 0.378. The summed E-state index contributed by atoms with van der Waals surface area (Å²) < 4.78 is 0. The molecular formula is C23H23N3. The fourth-order valence-corrected chi connectivity index (χ4v) is 3.62. The maximum absolute atomic E-state index is 6.17. The summed E-state index contributed by atoms with van der Waals surface area (Å²) in [6, 6.07) is 17.3. The van der Waals surface area contributed by atoms with Crippen LogP contribution in [0.15, 0.2) is 54.7 Å². The van der Waals surface area contributed by atoms with E-state index < -0.39 is 0 Å². The van der Waals surface area contributed by atoms with Crippen molar-refractivity contribution in [2.24, 2.45) is 0 Å². The van der Waals surface area contributed by atoms with E-state index in [1.165, 1.54) is 22.3 Å². The number of nitrogens with two attached hydrogens (primary N) is 1. The highest BCUT2D eigenvalue weighted by Gasteiger charge is 2.12. The second-order valence-electron chi connectivity index (χ2n) is 7.28. The van der Waals surface area contributed by atoms with Crippen molar-refractivity contribution in [1.29, 1.82) is 0 Å². The molecule has 4 aromatic rings. The van der Waals surface area contributed by atoms with Gasteiger partial charge in [-0.15, -0.1) is 0 Å². The van der Waals surface area contributed by atoms with Crippen LogP contribution in [0.4, 0.5) is 5.82 Å². The van der Waals surface area contributed by atoms with Gasteiger partial charge < -0.3 is 5.73 Å². The van der Waals surface area contributed by atoms with Gasteiger partial charge in [0.25, 0.3) is 0 Å². The molecule has 1 unspecified atom stereocenters. The summed E-state index contributed by atoms with van der Waals surface area (Å²) in [5.41, 5.74) is 12.9. The average Bonchev–Trinajstić information content (AvgIpc) is 2.61. The molecule has 0 saturated carbocycles. The molecule has 2 aromatic carbocycles. The number of nitrogen functional groups attached to an aromatic ring is 1. The Balaban J connectivity index is 1.80.